The lowest BCUT2D eigenvalue weighted by Crippen LogP contribution is -1.89. The molecule has 0 amide bonds. The van der Waals surface area contributed by atoms with Crippen molar-refractivity contribution in [3.8, 4) is 11.3 Å². The Balaban J connectivity index is 2.54. The van der Waals surface area contributed by atoms with E-state index in [2.05, 4.69) is 4.98 Å². The van der Waals surface area contributed by atoms with E-state index in [0.717, 1.165) is 24.3 Å². The molecule has 0 aliphatic rings. The van der Waals surface area contributed by atoms with E-state index in [-0.39, 0.29) is 11.3 Å². The highest BCUT2D eigenvalue weighted by atomic mass is 19.1. The molecule has 1 aromatic carbocycles. The van der Waals surface area contributed by atoms with Gasteiger partial charge in [0.05, 0.1) is 5.69 Å². The maximum atomic E-state index is 13.3. The van der Waals surface area contributed by atoms with Gasteiger partial charge < -0.3 is 0 Å². The Morgan fingerprint density at radius 3 is 2.27 bits per heavy atom. The molecule has 0 aliphatic heterocycles. The van der Waals surface area contributed by atoms with E-state index in [1.54, 1.807) is 0 Å². The van der Waals surface area contributed by atoms with E-state index in [1.807, 2.05) is 0 Å². The molecular formula is C11H6F3N. The summed E-state index contributed by atoms with van der Waals surface area (Å²) in [5, 5.41) is 0. The number of benzene rings is 1. The summed E-state index contributed by atoms with van der Waals surface area (Å²) in [6.07, 6.45) is 1.23. The normalized spacial score (nSPS) is 10.3. The van der Waals surface area contributed by atoms with E-state index >= 15 is 0 Å². The molecule has 15 heavy (non-hydrogen) atoms. The third kappa shape index (κ3) is 1.98. The third-order valence-corrected chi connectivity index (χ3v) is 1.93. The van der Waals surface area contributed by atoms with Crippen LogP contribution in [0, 0.1) is 17.5 Å². The molecule has 0 spiro atoms. The van der Waals surface area contributed by atoms with Gasteiger partial charge in [-0.2, -0.15) is 0 Å². The molecule has 1 heterocycles. The molecular weight excluding hydrogens is 203 g/mol. The molecule has 0 unspecified atom stereocenters. The van der Waals surface area contributed by atoms with Crippen LogP contribution in [0.2, 0.25) is 0 Å². The maximum absolute atomic E-state index is 13.3. The van der Waals surface area contributed by atoms with Gasteiger partial charge in [0.15, 0.2) is 0 Å². The summed E-state index contributed by atoms with van der Waals surface area (Å²) in [7, 11) is 0. The van der Waals surface area contributed by atoms with Gasteiger partial charge in [-0.15, -0.1) is 0 Å². The minimum atomic E-state index is -0.756. The number of nitrogens with zero attached hydrogens (tertiary/aromatic N) is 1. The first-order chi connectivity index (χ1) is 7.16. The molecule has 0 saturated carbocycles. The number of halogens is 3. The van der Waals surface area contributed by atoms with Gasteiger partial charge in [0.1, 0.15) is 17.5 Å². The minimum absolute atomic E-state index is 0.0795. The van der Waals surface area contributed by atoms with Gasteiger partial charge in [-0.25, -0.2) is 13.2 Å². The Hall–Kier alpha value is -1.84. The van der Waals surface area contributed by atoms with Crippen molar-refractivity contribution in [2.24, 2.45) is 0 Å². The minimum Gasteiger partial charge on any atom is -0.256 e. The summed E-state index contributed by atoms with van der Waals surface area (Å²) in [6.45, 7) is 0. The third-order valence-electron chi connectivity index (χ3n) is 1.93. The van der Waals surface area contributed by atoms with Crippen molar-refractivity contribution in [2.45, 2.75) is 0 Å². The van der Waals surface area contributed by atoms with Crippen LogP contribution < -0.4 is 0 Å². The van der Waals surface area contributed by atoms with Crippen LogP contribution in [-0.4, -0.2) is 4.98 Å². The van der Waals surface area contributed by atoms with E-state index < -0.39 is 17.5 Å². The molecule has 0 aliphatic carbocycles. The van der Waals surface area contributed by atoms with Crippen LogP contribution in [0.1, 0.15) is 0 Å². The van der Waals surface area contributed by atoms with Crippen LogP contribution in [0.4, 0.5) is 13.2 Å². The van der Waals surface area contributed by atoms with E-state index in [4.69, 9.17) is 0 Å². The fourth-order valence-electron chi connectivity index (χ4n) is 1.25. The summed E-state index contributed by atoms with van der Waals surface area (Å²) >= 11 is 0. The topological polar surface area (TPSA) is 12.9 Å². The molecule has 0 atom stereocenters. The summed E-state index contributed by atoms with van der Waals surface area (Å²) in [4.78, 5) is 3.80. The molecule has 0 saturated heterocycles. The van der Waals surface area contributed by atoms with Crippen molar-refractivity contribution in [2.75, 3.05) is 0 Å². The standard InChI is InChI=1S/C11H6F3N/c12-7-1-2-9(10(14)5-7)11-6-8(13)3-4-15-11/h1-6H. The average Bonchev–Trinajstić information content (AvgIpc) is 2.17. The van der Waals surface area contributed by atoms with Crippen LogP contribution in [0.3, 0.4) is 0 Å². The van der Waals surface area contributed by atoms with Gasteiger partial charge in [0, 0.05) is 23.9 Å². The average molecular weight is 209 g/mol. The molecule has 2 rings (SSSR count). The lowest BCUT2D eigenvalue weighted by molar-refractivity contribution is 0.585. The smallest absolute Gasteiger partial charge is 0.135 e. The number of hydrogen-bond donors (Lipinski definition) is 0. The van der Waals surface area contributed by atoms with Crippen molar-refractivity contribution >= 4 is 0 Å². The van der Waals surface area contributed by atoms with Crippen LogP contribution in [0.5, 0.6) is 0 Å². The van der Waals surface area contributed by atoms with Crippen molar-refractivity contribution in [1.29, 1.82) is 0 Å². The molecule has 0 fully saturated rings. The molecule has 1 aromatic heterocycles. The molecule has 2 aromatic rings. The van der Waals surface area contributed by atoms with Gasteiger partial charge in [0.2, 0.25) is 0 Å². The highest BCUT2D eigenvalue weighted by Crippen LogP contribution is 2.21. The van der Waals surface area contributed by atoms with Crippen LogP contribution in [-0.2, 0) is 0 Å². The summed E-state index contributed by atoms with van der Waals surface area (Å²) < 4.78 is 38.7. The van der Waals surface area contributed by atoms with E-state index in [9.17, 15) is 13.2 Å². The molecule has 0 bridgehead atoms. The Bertz CT molecular complexity index is 497. The lowest BCUT2D eigenvalue weighted by atomic mass is 10.1. The first kappa shape index (κ1) is 9.71. The predicted octanol–water partition coefficient (Wildman–Crippen LogP) is 3.17. The SMILES string of the molecule is Fc1ccnc(-c2ccc(F)cc2F)c1. The highest BCUT2D eigenvalue weighted by Gasteiger charge is 2.07. The van der Waals surface area contributed by atoms with Gasteiger partial charge in [0.25, 0.3) is 0 Å². The van der Waals surface area contributed by atoms with Crippen LogP contribution in [0.15, 0.2) is 36.5 Å². The van der Waals surface area contributed by atoms with Crippen molar-refractivity contribution in [3.63, 3.8) is 0 Å². The number of aromatic nitrogens is 1. The molecule has 0 radical (unpaired) electrons. The zero-order valence-electron chi connectivity index (χ0n) is 7.55. The van der Waals surface area contributed by atoms with Crippen LogP contribution in [0.25, 0.3) is 11.3 Å². The second-order valence-electron chi connectivity index (χ2n) is 2.98. The summed E-state index contributed by atoms with van der Waals surface area (Å²) in [5.74, 6) is -1.94. The van der Waals surface area contributed by atoms with Crippen molar-refractivity contribution < 1.29 is 13.2 Å². The predicted molar refractivity (Wildman–Crippen MR) is 49.5 cm³/mol. The second kappa shape index (κ2) is 3.73. The van der Waals surface area contributed by atoms with E-state index in [1.165, 1.54) is 12.3 Å². The summed E-state index contributed by atoms with van der Waals surface area (Å²) in [5.41, 5.74) is 0.225. The maximum Gasteiger partial charge on any atom is 0.135 e. The largest absolute Gasteiger partial charge is 0.256 e. The fourth-order valence-corrected chi connectivity index (χ4v) is 1.25. The highest BCUT2D eigenvalue weighted by molar-refractivity contribution is 5.59. The number of pyridine rings is 1. The Labute approximate surface area is 84.2 Å². The first-order valence-corrected chi connectivity index (χ1v) is 4.24. The zero-order valence-corrected chi connectivity index (χ0v) is 7.55. The van der Waals surface area contributed by atoms with Gasteiger partial charge >= 0.3 is 0 Å². The quantitative estimate of drug-likeness (QED) is 0.702. The number of rotatable bonds is 1. The molecule has 4 heteroatoms. The number of hydrogen-bond acceptors (Lipinski definition) is 1. The zero-order chi connectivity index (χ0) is 10.8. The first-order valence-electron chi connectivity index (χ1n) is 4.24. The van der Waals surface area contributed by atoms with Gasteiger partial charge in [-0.3, -0.25) is 4.98 Å². The molecule has 0 N–H and O–H groups in total. The second-order valence-corrected chi connectivity index (χ2v) is 2.98. The Morgan fingerprint density at radius 1 is 0.867 bits per heavy atom. The van der Waals surface area contributed by atoms with Gasteiger partial charge in [-0.1, -0.05) is 0 Å². The Morgan fingerprint density at radius 2 is 1.60 bits per heavy atom. The molecule has 1 nitrogen and oxygen atoms in total. The van der Waals surface area contributed by atoms with Crippen molar-refractivity contribution in [3.05, 3.63) is 54.0 Å². The Kier molecular flexibility index (Phi) is 2.41. The van der Waals surface area contributed by atoms with Crippen LogP contribution >= 0.6 is 0 Å². The fraction of sp³-hybridized carbons (Fsp3) is 0. The molecule has 76 valence electrons. The monoisotopic (exact) mass is 209 g/mol. The van der Waals surface area contributed by atoms with E-state index in [0.29, 0.717) is 0 Å². The van der Waals surface area contributed by atoms with Gasteiger partial charge in [-0.05, 0) is 18.2 Å². The summed E-state index contributed by atoms with van der Waals surface area (Å²) in [6, 6.07) is 5.32. The lowest BCUT2D eigenvalue weighted by Gasteiger charge is -2.02. The van der Waals surface area contributed by atoms with Crippen molar-refractivity contribution in [1.82, 2.24) is 4.98 Å².